The van der Waals surface area contributed by atoms with Gasteiger partial charge in [0.25, 0.3) is 5.56 Å². The molecule has 0 fully saturated rings. The van der Waals surface area contributed by atoms with Crippen LogP contribution in [0.15, 0.2) is 83.7 Å². The van der Waals surface area contributed by atoms with Crippen LogP contribution in [-0.4, -0.2) is 37.2 Å². The van der Waals surface area contributed by atoms with Crippen molar-refractivity contribution in [2.75, 3.05) is 7.11 Å². The van der Waals surface area contributed by atoms with Gasteiger partial charge in [0.05, 0.1) is 19.7 Å². The molecular weight excluding hydrogens is 476 g/mol. The van der Waals surface area contributed by atoms with Crippen LogP contribution in [0.5, 0.6) is 5.75 Å². The molecule has 1 N–H and O–H groups in total. The Bertz CT molecular complexity index is 1560. The van der Waals surface area contributed by atoms with E-state index >= 15 is 0 Å². The Kier molecular flexibility index (Phi) is 7.60. The first-order chi connectivity index (χ1) is 18.5. The van der Waals surface area contributed by atoms with Crippen LogP contribution in [0.4, 0.5) is 0 Å². The number of nitrogens with one attached hydrogen (secondary N) is 1. The van der Waals surface area contributed by atoms with Crippen LogP contribution in [0.2, 0.25) is 0 Å². The number of aryl methyl sites for hydroxylation is 1. The van der Waals surface area contributed by atoms with Gasteiger partial charge in [0, 0.05) is 24.2 Å². The second kappa shape index (κ2) is 11.4. The van der Waals surface area contributed by atoms with E-state index in [0.29, 0.717) is 25.2 Å². The van der Waals surface area contributed by atoms with E-state index in [2.05, 4.69) is 57.5 Å². The molecule has 0 radical (unpaired) electrons. The fraction of sp³-hybridized carbons (Fsp3) is 0.267. The number of H-pyrrole nitrogens is 1. The average molecular weight is 509 g/mol. The van der Waals surface area contributed by atoms with Gasteiger partial charge in [-0.1, -0.05) is 61.0 Å². The van der Waals surface area contributed by atoms with Crippen LogP contribution in [0, 0.1) is 6.92 Å². The summed E-state index contributed by atoms with van der Waals surface area (Å²) in [6.07, 6.45) is 0.778. The average Bonchev–Trinajstić information content (AvgIpc) is 3.38. The van der Waals surface area contributed by atoms with Crippen LogP contribution in [0.25, 0.3) is 10.9 Å². The highest BCUT2D eigenvalue weighted by molar-refractivity contribution is 5.79. The molecule has 8 nitrogen and oxygen atoms in total. The van der Waals surface area contributed by atoms with Crippen LogP contribution < -0.4 is 10.3 Å². The third-order valence-electron chi connectivity index (χ3n) is 6.86. The number of hydrogen-bond donors (Lipinski definition) is 1. The van der Waals surface area contributed by atoms with Crippen molar-refractivity contribution in [1.29, 1.82) is 0 Å². The van der Waals surface area contributed by atoms with Crippen molar-refractivity contribution in [2.24, 2.45) is 0 Å². The quantitative estimate of drug-likeness (QED) is 0.285. The lowest BCUT2D eigenvalue weighted by Gasteiger charge is -2.30. The number of aromatic amines is 1. The molecule has 1 atom stereocenters. The SMILES string of the molecule is CC[C@@H](c1nnnn1Cc1ccc(OC)cc1)N(Cc1ccccc1)Cc1cc2cc(C)ccc2[nH]c1=O. The Morgan fingerprint density at radius 2 is 1.76 bits per heavy atom. The number of nitrogens with zero attached hydrogens (tertiary/aromatic N) is 5. The van der Waals surface area contributed by atoms with E-state index < -0.39 is 0 Å². The predicted molar refractivity (Wildman–Crippen MR) is 148 cm³/mol. The lowest BCUT2D eigenvalue weighted by molar-refractivity contribution is 0.161. The molecule has 0 aliphatic heterocycles. The van der Waals surface area contributed by atoms with Crippen molar-refractivity contribution in [1.82, 2.24) is 30.1 Å². The zero-order chi connectivity index (χ0) is 26.5. The largest absolute Gasteiger partial charge is 0.497 e. The second-order valence-electron chi connectivity index (χ2n) is 9.57. The number of aromatic nitrogens is 5. The molecule has 8 heteroatoms. The first-order valence-electron chi connectivity index (χ1n) is 12.8. The van der Waals surface area contributed by atoms with Crippen molar-refractivity contribution in [3.63, 3.8) is 0 Å². The number of hydrogen-bond acceptors (Lipinski definition) is 6. The molecule has 3 aromatic carbocycles. The monoisotopic (exact) mass is 508 g/mol. The van der Waals surface area contributed by atoms with Gasteiger partial charge in [0.1, 0.15) is 5.75 Å². The van der Waals surface area contributed by atoms with Gasteiger partial charge in [-0.3, -0.25) is 9.69 Å². The smallest absolute Gasteiger partial charge is 0.252 e. The standard InChI is InChI=1S/C30H32N6O2/c1-4-28(29-32-33-34-36(29)19-23-11-13-26(38-3)14-12-23)35(18-22-8-6-5-7-9-22)20-25-17-24-16-21(2)10-15-27(24)31-30(25)37/h5-17,28H,4,18-20H2,1-3H3,(H,31,37)/t28-/m0/s1. The number of fused-ring (bicyclic) bond motifs is 1. The Morgan fingerprint density at radius 3 is 2.50 bits per heavy atom. The zero-order valence-corrected chi connectivity index (χ0v) is 22.0. The minimum Gasteiger partial charge on any atom is -0.497 e. The summed E-state index contributed by atoms with van der Waals surface area (Å²) in [4.78, 5) is 18.5. The van der Waals surface area contributed by atoms with Crippen molar-refractivity contribution in [2.45, 2.75) is 45.9 Å². The Balaban J connectivity index is 1.50. The first-order valence-corrected chi connectivity index (χ1v) is 12.8. The summed E-state index contributed by atoms with van der Waals surface area (Å²) in [7, 11) is 1.66. The molecule has 0 amide bonds. The van der Waals surface area contributed by atoms with E-state index in [-0.39, 0.29) is 11.6 Å². The van der Waals surface area contributed by atoms with Crippen molar-refractivity contribution in [3.05, 3.63) is 117 Å². The highest BCUT2D eigenvalue weighted by Gasteiger charge is 2.26. The van der Waals surface area contributed by atoms with E-state index in [4.69, 9.17) is 4.74 Å². The minimum atomic E-state index is -0.101. The van der Waals surface area contributed by atoms with Gasteiger partial charge in [0.2, 0.25) is 0 Å². The van der Waals surface area contributed by atoms with Crippen molar-refractivity contribution < 1.29 is 4.74 Å². The van der Waals surface area contributed by atoms with E-state index in [0.717, 1.165) is 45.6 Å². The first kappa shape index (κ1) is 25.4. The summed E-state index contributed by atoms with van der Waals surface area (Å²) in [6, 6.07) is 26.2. The van der Waals surface area contributed by atoms with E-state index in [1.54, 1.807) is 7.11 Å². The number of methoxy groups -OCH3 is 1. The van der Waals surface area contributed by atoms with Crippen LogP contribution in [0.3, 0.4) is 0 Å². The summed E-state index contributed by atoms with van der Waals surface area (Å²) in [5, 5.41) is 13.8. The molecule has 0 aliphatic carbocycles. The van der Waals surface area contributed by atoms with Crippen molar-refractivity contribution in [3.8, 4) is 5.75 Å². The summed E-state index contributed by atoms with van der Waals surface area (Å²) < 4.78 is 7.14. The zero-order valence-electron chi connectivity index (χ0n) is 22.0. The molecule has 0 saturated carbocycles. The van der Waals surface area contributed by atoms with Gasteiger partial charge in [-0.05, 0) is 70.6 Å². The van der Waals surface area contributed by atoms with Gasteiger partial charge in [-0.25, -0.2) is 4.68 Å². The number of pyridine rings is 1. The molecule has 5 aromatic rings. The Hall–Kier alpha value is -4.30. The third kappa shape index (κ3) is 5.65. The van der Waals surface area contributed by atoms with Crippen molar-refractivity contribution >= 4 is 10.9 Å². The minimum absolute atomic E-state index is 0.0768. The number of tetrazole rings is 1. The molecule has 5 rings (SSSR count). The van der Waals surface area contributed by atoms with Gasteiger partial charge in [0.15, 0.2) is 5.82 Å². The predicted octanol–water partition coefficient (Wildman–Crippen LogP) is 5.03. The third-order valence-corrected chi connectivity index (χ3v) is 6.86. The maximum Gasteiger partial charge on any atom is 0.252 e. The Labute approximate surface area is 221 Å². The molecule has 0 aliphatic rings. The summed E-state index contributed by atoms with van der Waals surface area (Å²) in [5.41, 5.74) is 4.87. The number of benzene rings is 3. The highest BCUT2D eigenvalue weighted by Crippen LogP contribution is 2.27. The molecule has 38 heavy (non-hydrogen) atoms. The second-order valence-corrected chi connectivity index (χ2v) is 9.57. The topological polar surface area (TPSA) is 88.9 Å². The van der Waals surface area contributed by atoms with Gasteiger partial charge >= 0.3 is 0 Å². The van der Waals surface area contributed by atoms with Gasteiger partial charge in [-0.2, -0.15) is 0 Å². The molecule has 0 saturated heterocycles. The summed E-state index contributed by atoms with van der Waals surface area (Å²) in [5.74, 6) is 1.58. The van der Waals surface area contributed by atoms with E-state index in [1.807, 2.05) is 65.3 Å². The molecule has 0 spiro atoms. The number of rotatable bonds is 10. The fourth-order valence-corrected chi connectivity index (χ4v) is 4.87. The molecule has 194 valence electrons. The summed E-state index contributed by atoms with van der Waals surface area (Å²) >= 11 is 0. The maximum absolute atomic E-state index is 13.1. The van der Waals surface area contributed by atoms with Crippen LogP contribution in [0.1, 0.15) is 47.5 Å². The molecule has 0 bridgehead atoms. The van der Waals surface area contributed by atoms with Gasteiger partial charge < -0.3 is 9.72 Å². The number of ether oxygens (including phenoxy) is 1. The molecule has 2 heterocycles. The highest BCUT2D eigenvalue weighted by atomic mass is 16.5. The van der Waals surface area contributed by atoms with Crippen LogP contribution in [-0.2, 0) is 19.6 Å². The fourth-order valence-electron chi connectivity index (χ4n) is 4.87. The Morgan fingerprint density at radius 1 is 0.974 bits per heavy atom. The van der Waals surface area contributed by atoms with Gasteiger partial charge in [-0.15, -0.1) is 5.10 Å². The van der Waals surface area contributed by atoms with E-state index in [1.165, 1.54) is 0 Å². The lowest BCUT2D eigenvalue weighted by atomic mass is 10.1. The normalized spacial score (nSPS) is 12.2. The maximum atomic E-state index is 13.1. The van der Waals surface area contributed by atoms with Crippen LogP contribution >= 0.6 is 0 Å². The van der Waals surface area contributed by atoms with E-state index in [9.17, 15) is 4.79 Å². The molecule has 2 aromatic heterocycles. The lowest BCUT2D eigenvalue weighted by Crippen LogP contribution is -2.32. The molecular formula is C30H32N6O2. The molecule has 0 unspecified atom stereocenters. The summed E-state index contributed by atoms with van der Waals surface area (Å²) in [6.45, 7) is 5.84.